The van der Waals surface area contributed by atoms with Crippen molar-refractivity contribution >= 4 is 29.6 Å². The molecule has 13 nitrogen and oxygen atoms in total. The van der Waals surface area contributed by atoms with Gasteiger partial charge in [0.1, 0.15) is 23.9 Å². The Balaban J connectivity index is 2.21. The van der Waals surface area contributed by atoms with Crippen molar-refractivity contribution in [2.45, 2.75) is 56.3 Å². The molecule has 4 amide bonds. The van der Waals surface area contributed by atoms with E-state index in [1.807, 2.05) is 0 Å². The predicted molar refractivity (Wildman–Crippen MR) is 122 cm³/mol. The van der Waals surface area contributed by atoms with Gasteiger partial charge in [-0.15, -0.1) is 0 Å². The minimum absolute atomic E-state index is 0.0144. The Morgan fingerprint density at radius 1 is 1.09 bits per heavy atom. The molecule has 0 saturated carbocycles. The van der Waals surface area contributed by atoms with Crippen LogP contribution in [0.1, 0.15) is 31.2 Å². The maximum Gasteiger partial charge on any atom is 0.303 e. The van der Waals surface area contributed by atoms with Crippen LogP contribution >= 0.6 is 0 Å². The highest BCUT2D eigenvalue weighted by Crippen LogP contribution is 2.20. The van der Waals surface area contributed by atoms with Crippen LogP contribution in [0.15, 0.2) is 24.3 Å². The number of primary amides is 1. The van der Waals surface area contributed by atoms with Crippen molar-refractivity contribution in [3.63, 3.8) is 0 Å². The van der Waals surface area contributed by atoms with Crippen LogP contribution < -0.4 is 22.1 Å². The van der Waals surface area contributed by atoms with Gasteiger partial charge in [0.15, 0.2) is 0 Å². The second-order valence-electron chi connectivity index (χ2n) is 8.31. The summed E-state index contributed by atoms with van der Waals surface area (Å²) in [5.74, 6) is -3.99. The van der Waals surface area contributed by atoms with E-state index in [0.717, 1.165) is 0 Å². The Bertz CT molecular complexity index is 938. The SMILES string of the molecule is NC(=O)[C@H](CO)NC(=O)[C@H]1CCCN1C(=O)[C@H](Cc1ccc(O)cc1)NC(=O)[C@@H](N)CCC(=O)O. The van der Waals surface area contributed by atoms with Crippen LogP contribution in [-0.2, 0) is 30.4 Å². The smallest absolute Gasteiger partial charge is 0.303 e. The normalized spacial score (nSPS) is 17.8. The highest BCUT2D eigenvalue weighted by atomic mass is 16.4. The molecule has 1 aliphatic rings. The van der Waals surface area contributed by atoms with Gasteiger partial charge in [-0.05, 0) is 37.0 Å². The number of nitrogens with zero attached hydrogens (tertiary/aromatic N) is 1. The summed E-state index contributed by atoms with van der Waals surface area (Å²) in [5, 5.41) is 32.5. The molecule has 0 aliphatic carbocycles. The number of nitrogens with two attached hydrogens (primary N) is 2. The molecule has 1 heterocycles. The number of hydrogen-bond acceptors (Lipinski definition) is 8. The second-order valence-corrected chi connectivity index (χ2v) is 8.31. The van der Waals surface area contributed by atoms with E-state index in [9.17, 15) is 34.2 Å². The van der Waals surface area contributed by atoms with Gasteiger partial charge in [-0.3, -0.25) is 24.0 Å². The number of hydrogen-bond donors (Lipinski definition) is 7. The zero-order chi connectivity index (χ0) is 26.1. The first-order chi connectivity index (χ1) is 16.5. The number of aliphatic carboxylic acids is 1. The maximum atomic E-state index is 13.5. The monoisotopic (exact) mass is 493 g/mol. The first-order valence-corrected chi connectivity index (χ1v) is 11.1. The van der Waals surface area contributed by atoms with E-state index in [0.29, 0.717) is 18.4 Å². The first-order valence-electron chi connectivity index (χ1n) is 11.1. The molecule has 4 atom stereocenters. The Morgan fingerprint density at radius 2 is 1.74 bits per heavy atom. The number of phenolic OH excluding ortho intramolecular Hbond substituents is 1. The summed E-state index contributed by atoms with van der Waals surface area (Å²) >= 11 is 0. The van der Waals surface area contributed by atoms with Gasteiger partial charge in [-0.25, -0.2) is 0 Å². The molecule has 1 aromatic carbocycles. The van der Waals surface area contributed by atoms with Gasteiger partial charge in [-0.2, -0.15) is 0 Å². The van der Waals surface area contributed by atoms with Gasteiger partial charge in [0.25, 0.3) is 0 Å². The van der Waals surface area contributed by atoms with Crippen molar-refractivity contribution in [1.82, 2.24) is 15.5 Å². The number of aliphatic hydroxyl groups excluding tert-OH is 1. The van der Waals surface area contributed by atoms with E-state index in [1.54, 1.807) is 12.1 Å². The molecule has 35 heavy (non-hydrogen) atoms. The van der Waals surface area contributed by atoms with Crippen molar-refractivity contribution in [3.05, 3.63) is 29.8 Å². The fourth-order valence-corrected chi connectivity index (χ4v) is 3.73. The molecule has 2 rings (SSSR count). The molecule has 0 radical (unpaired) electrons. The molecule has 1 fully saturated rings. The quantitative estimate of drug-likeness (QED) is 0.164. The van der Waals surface area contributed by atoms with Crippen molar-refractivity contribution in [2.24, 2.45) is 11.5 Å². The Labute approximate surface area is 201 Å². The third kappa shape index (κ3) is 7.93. The standard InChI is InChI=1S/C22H31N5O8/c23-14(7-8-18(30)31)20(33)25-15(10-12-3-5-13(29)6-4-12)22(35)27-9-1-2-17(27)21(34)26-16(11-28)19(24)32/h3-6,14-17,28-29H,1-2,7-11,23H2,(H2,24,32)(H,25,33)(H,26,34)(H,30,31)/t14-,15-,16-,17+/m0/s1. The Kier molecular flexibility index (Phi) is 9.97. The average Bonchev–Trinajstić information content (AvgIpc) is 3.31. The number of benzene rings is 1. The van der Waals surface area contributed by atoms with Crippen molar-refractivity contribution < 1.29 is 39.3 Å². The molecule has 1 aromatic rings. The van der Waals surface area contributed by atoms with Crippen LogP contribution in [0.3, 0.4) is 0 Å². The number of likely N-dealkylation sites (tertiary alicyclic amines) is 1. The number of phenols is 1. The van der Waals surface area contributed by atoms with E-state index < -0.39 is 60.4 Å². The van der Waals surface area contributed by atoms with Crippen LogP contribution in [0, 0.1) is 0 Å². The van der Waals surface area contributed by atoms with Crippen LogP contribution in [0.4, 0.5) is 0 Å². The lowest BCUT2D eigenvalue weighted by atomic mass is 10.0. The van der Waals surface area contributed by atoms with Crippen LogP contribution in [0.2, 0.25) is 0 Å². The van der Waals surface area contributed by atoms with Crippen LogP contribution in [0.5, 0.6) is 5.75 Å². The average molecular weight is 494 g/mol. The fourth-order valence-electron chi connectivity index (χ4n) is 3.73. The lowest BCUT2D eigenvalue weighted by Crippen LogP contribution is -2.58. The van der Waals surface area contributed by atoms with Crippen molar-refractivity contribution in [3.8, 4) is 5.75 Å². The first kappa shape index (κ1) is 27.5. The Morgan fingerprint density at radius 3 is 2.31 bits per heavy atom. The van der Waals surface area contributed by atoms with Gasteiger partial charge < -0.3 is 42.3 Å². The summed E-state index contributed by atoms with van der Waals surface area (Å²) in [4.78, 5) is 62.2. The number of carboxylic acid groups (broad SMARTS) is 1. The molecule has 0 spiro atoms. The van der Waals surface area contributed by atoms with Gasteiger partial charge >= 0.3 is 5.97 Å². The third-order valence-electron chi connectivity index (χ3n) is 5.68. The van der Waals surface area contributed by atoms with Crippen LogP contribution in [-0.4, -0.2) is 87.1 Å². The fraction of sp³-hybridized carbons (Fsp3) is 0.500. The molecule has 0 unspecified atom stereocenters. The summed E-state index contributed by atoms with van der Waals surface area (Å²) in [6, 6.07) is 1.42. The molecule has 0 aromatic heterocycles. The lowest BCUT2D eigenvalue weighted by Gasteiger charge is -2.30. The summed E-state index contributed by atoms with van der Waals surface area (Å²) < 4.78 is 0. The number of aromatic hydroxyl groups is 1. The van der Waals surface area contributed by atoms with Gasteiger partial charge in [-0.1, -0.05) is 12.1 Å². The minimum Gasteiger partial charge on any atom is -0.508 e. The number of nitrogens with one attached hydrogen (secondary N) is 2. The highest BCUT2D eigenvalue weighted by Gasteiger charge is 2.39. The number of carbonyl (C=O) groups is 5. The molecular formula is C22H31N5O8. The van der Waals surface area contributed by atoms with Gasteiger partial charge in [0.05, 0.1) is 12.6 Å². The van der Waals surface area contributed by atoms with E-state index >= 15 is 0 Å². The van der Waals surface area contributed by atoms with Crippen molar-refractivity contribution in [1.29, 1.82) is 0 Å². The predicted octanol–water partition coefficient (Wildman–Crippen LogP) is -2.43. The number of carboxylic acids is 1. The molecule has 192 valence electrons. The molecule has 9 N–H and O–H groups in total. The highest BCUT2D eigenvalue weighted by molar-refractivity contribution is 5.95. The van der Waals surface area contributed by atoms with E-state index in [-0.39, 0.29) is 31.6 Å². The van der Waals surface area contributed by atoms with Gasteiger partial charge in [0.2, 0.25) is 23.6 Å². The molecule has 1 saturated heterocycles. The van der Waals surface area contributed by atoms with E-state index in [1.165, 1.54) is 17.0 Å². The van der Waals surface area contributed by atoms with Crippen LogP contribution in [0.25, 0.3) is 0 Å². The third-order valence-corrected chi connectivity index (χ3v) is 5.68. The molecule has 0 bridgehead atoms. The van der Waals surface area contributed by atoms with E-state index in [4.69, 9.17) is 16.6 Å². The summed E-state index contributed by atoms with van der Waals surface area (Å²) in [7, 11) is 0. The summed E-state index contributed by atoms with van der Waals surface area (Å²) in [5.41, 5.74) is 11.5. The number of aliphatic hydroxyl groups is 1. The number of rotatable bonds is 12. The molecular weight excluding hydrogens is 462 g/mol. The largest absolute Gasteiger partial charge is 0.508 e. The number of amides is 4. The molecule has 1 aliphatic heterocycles. The topological polar surface area (TPSA) is 225 Å². The molecule has 13 heteroatoms. The number of carbonyl (C=O) groups excluding carboxylic acids is 4. The zero-order valence-corrected chi connectivity index (χ0v) is 19.1. The zero-order valence-electron chi connectivity index (χ0n) is 19.1. The van der Waals surface area contributed by atoms with Crippen molar-refractivity contribution in [2.75, 3.05) is 13.2 Å². The van der Waals surface area contributed by atoms with Gasteiger partial charge in [0, 0.05) is 19.4 Å². The minimum atomic E-state index is -1.31. The Hall–Kier alpha value is -3.71. The van der Waals surface area contributed by atoms with E-state index in [2.05, 4.69) is 10.6 Å². The maximum absolute atomic E-state index is 13.5. The second kappa shape index (κ2) is 12.7. The lowest BCUT2D eigenvalue weighted by molar-refractivity contribution is -0.142. The summed E-state index contributed by atoms with van der Waals surface area (Å²) in [6.07, 6.45) is 0.341. The summed E-state index contributed by atoms with van der Waals surface area (Å²) in [6.45, 7) is -0.486.